The van der Waals surface area contributed by atoms with Crippen LogP contribution in [0.15, 0.2) is 23.0 Å². The molecule has 0 aliphatic carbocycles. The van der Waals surface area contributed by atoms with Crippen LogP contribution >= 0.6 is 0 Å². The molecule has 25 heavy (non-hydrogen) atoms. The number of pyridine rings is 1. The highest BCUT2D eigenvalue weighted by atomic mass is 16.6. The van der Waals surface area contributed by atoms with Crippen LogP contribution in [0.4, 0.5) is 5.69 Å². The summed E-state index contributed by atoms with van der Waals surface area (Å²) in [4.78, 5) is 24.3. The summed E-state index contributed by atoms with van der Waals surface area (Å²) < 4.78 is 12.6. The minimum Gasteiger partial charge on any atom is -0.489 e. The fourth-order valence-electron chi connectivity index (χ4n) is 2.81. The van der Waals surface area contributed by atoms with Gasteiger partial charge in [-0.15, -0.1) is 0 Å². The third-order valence-electron chi connectivity index (χ3n) is 4.01. The standard InChI is InChI=1S/C19H26N2O4/c1-4-6-7-8-11-24-17-15-10-9-14(20)12-16(15)21(5-2)19(23)18(17)25-13(3)22/h9-10,12H,4-8,11,20H2,1-3H3. The molecule has 0 radical (unpaired) electrons. The lowest BCUT2D eigenvalue weighted by Gasteiger charge is -2.17. The molecule has 0 saturated carbocycles. The highest BCUT2D eigenvalue weighted by Gasteiger charge is 2.20. The van der Waals surface area contributed by atoms with Crippen LogP contribution < -0.4 is 20.8 Å². The zero-order chi connectivity index (χ0) is 18.4. The van der Waals surface area contributed by atoms with Gasteiger partial charge in [0.2, 0.25) is 5.75 Å². The van der Waals surface area contributed by atoms with E-state index < -0.39 is 5.97 Å². The van der Waals surface area contributed by atoms with E-state index in [4.69, 9.17) is 15.2 Å². The number of unbranched alkanes of at least 4 members (excludes halogenated alkanes) is 3. The summed E-state index contributed by atoms with van der Waals surface area (Å²) in [5.41, 5.74) is 6.72. The Balaban J connectivity index is 2.54. The van der Waals surface area contributed by atoms with Gasteiger partial charge in [0.25, 0.3) is 5.56 Å². The number of benzene rings is 1. The predicted octanol–water partition coefficient (Wildman–Crippen LogP) is 3.49. The third-order valence-corrected chi connectivity index (χ3v) is 4.01. The lowest BCUT2D eigenvalue weighted by molar-refractivity contribution is -0.132. The van der Waals surface area contributed by atoms with Crippen LogP contribution in [0.5, 0.6) is 11.5 Å². The number of nitrogen functional groups attached to an aromatic ring is 1. The first-order valence-electron chi connectivity index (χ1n) is 8.76. The Bertz CT molecular complexity index is 811. The molecule has 1 aromatic carbocycles. The monoisotopic (exact) mass is 346 g/mol. The van der Waals surface area contributed by atoms with E-state index in [9.17, 15) is 9.59 Å². The summed E-state index contributed by atoms with van der Waals surface area (Å²) in [6.07, 6.45) is 4.19. The first-order chi connectivity index (χ1) is 12.0. The second kappa shape index (κ2) is 8.55. The minimum atomic E-state index is -0.551. The number of carbonyl (C=O) groups is 1. The summed E-state index contributed by atoms with van der Waals surface area (Å²) in [7, 11) is 0. The second-order valence-electron chi connectivity index (χ2n) is 5.99. The van der Waals surface area contributed by atoms with Crippen LogP contribution in [0.1, 0.15) is 46.5 Å². The van der Waals surface area contributed by atoms with Crippen molar-refractivity contribution in [1.82, 2.24) is 4.57 Å². The molecule has 2 aromatic rings. The molecule has 0 amide bonds. The second-order valence-corrected chi connectivity index (χ2v) is 5.99. The highest BCUT2D eigenvalue weighted by molar-refractivity contribution is 5.90. The molecular formula is C19H26N2O4. The van der Waals surface area contributed by atoms with Gasteiger partial charge in [0, 0.05) is 24.5 Å². The van der Waals surface area contributed by atoms with E-state index >= 15 is 0 Å². The van der Waals surface area contributed by atoms with Crippen molar-refractivity contribution in [2.24, 2.45) is 0 Å². The molecule has 1 aromatic heterocycles. The van der Waals surface area contributed by atoms with E-state index in [1.807, 2.05) is 6.92 Å². The number of carbonyl (C=O) groups excluding carboxylic acids is 1. The van der Waals surface area contributed by atoms with E-state index in [0.717, 1.165) is 25.7 Å². The van der Waals surface area contributed by atoms with Crippen LogP contribution in [0.3, 0.4) is 0 Å². The van der Waals surface area contributed by atoms with Crippen molar-refractivity contribution in [2.45, 2.75) is 53.0 Å². The van der Waals surface area contributed by atoms with Crippen molar-refractivity contribution in [2.75, 3.05) is 12.3 Å². The first-order valence-corrected chi connectivity index (χ1v) is 8.76. The van der Waals surface area contributed by atoms with Crippen LogP contribution in [0.2, 0.25) is 0 Å². The maximum Gasteiger partial charge on any atom is 0.308 e. The fraction of sp³-hybridized carbons (Fsp3) is 0.474. The molecule has 136 valence electrons. The van der Waals surface area contributed by atoms with Gasteiger partial charge in [-0.2, -0.15) is 0 Å². The number of fused-ring (bicyclic) bond motifs is 1. The molecule has 6 nitrogen and oxygen atoms in total. The highest BCUT2D eigenvalue weighted by Crippen LogP contribution is 2.34. The molecule has 0 spiro atoms. The Morgan fingerprint density at radius 3 is 2.56 bits per heavy atom. The van der Waals surface area contributed by atoms with Gasteiger partial charge in [-0.3, -0.25) is 9.59 Å². The zero-order valence-electron chi connectivity index (χ0n) is 15.1. The average molecular weight is 346 g/mol. The van der Waals surface area contributed by atoms with Crippen molar-refractivity contribution in [3.8, 4) is 11.5 Å². The molecule has 2 rings (SSSR count). The zero-order valence-corrected chi connectivity index (χ0v) is 15.1. The molecule has 0 unspecified atom stereocenters. The molecule has 0 aliphatic heterocycles. The van der Waals surface area contributed by atoms with Gasteiger partial charge in [-0.25, -0.2) is 0 Å². The lowest BCUT2D eigenvalue weighted by atomic mass is 10.1. The largest absolute Gasteiger partial charge is 0.489 e. The van der Waals surface area contributed by atoms with Crippen molar-refractivity contribution in [3.63, 3.8) is 0 Å². The number of ether oxygens (including phenoxy) is 2. The summed E-state index contributed by atoms with van der Waals surface area (Å²) >= 11 is 0. The van der Waals surface area contributed by atoms with Crippen molar-refractivity contribution >= 4 is 22.6 Å². The first kappa shape index (κ1) is 18.8. The number of aryl methyl sites for hydroxylation is 1. The number of esters is 1. The SMILES string of the molecule is CCCCCCOc1c(OC(C)=O)c(=O)n(CC)c2cc(N)ccc12. The van der Waals surface area contributed by atoms with Crippen LogP contribution in [-0.2, 0) is 11.3 Å². The van der Waals surface area contributed by atoms with E-state index in [2.05, 4.69) is 6.92 Å². The molecule has 0 bridgehead atoms. The number of rotatable bonds is 8. The predicted molar refractivity (Wildman–Crippen MR) is 99.2 cm³/mol. The number of hydrogen-bond acceptors (Lipinski definition) is 5. The van der Waals surface area contributed by atoms with Crippen molar-refractivity contribution < 1.29 is 14.3 Å². The Kier molecular flexibility index (Phi) is 6.44. The quantitative estimate of drug-likeness (QED) is 0.449. The maximum absolute atomic E-state index is 12.8. The molecular weight excluding hydrogens is 320 g/mol. The molecule has 1 heterocycles. The molecule has 0 atom stereocenters. The van der Waals surface area contributed by atoms with E-state index in [-0.39, 0.29) is 11.3 Å². The van der Waals surface area contributed by atoms with Gasteiger partial charge < -0.3 is 19.8 Å². The van der Waals surface area contributed by atoms with E-state index in [1.165, 1.54) is 11.5 Å². The smallest absolute Gasteiger partial charge is 0.308 e. The number of anilines is 1. The van der Waals surface area contributed by atoms with Crippen LogP contribution in [0.25, 0.3) is 10.9 Å². The van der Waals surface area contributed by atoms with Crippen molar-refractivity contribution in [1.29, 1.82) is 0 Å². The fourth-order valence-corrected chi connectivity index (χ4v) is 2.81. The van der Waals surface area contributed by atoms with E-state index in [0.29, 0.717) is 35.5 Å². The minimum absolute atomic E-state index is 0.0536. The van der Waals surface area contributed by atoms with Crippen LogP contribution in [-0.4, -0.2) is 17.1 Å². The Morgan fingerprint density at radius 1 is 1.16 bits per heavy atom. The Hall–Kier alpha value is -2.50. The van der Waals surface area contributed by atoms with Gasteiger partial charge in [-0.05, 0) is 31.5 Å². The van der Waals surface area contributed by atoms with Crippen LogP contribution in [0, 0.1) is 0 Å². The van der Waals surface area contributed by atoms with Gasteiger partial charge in [0.15, 0.2) is 5.75 Å². The molecule has 6 heteroatoms. The summed E-state index contributed by atoms with van der Waals surface area (Å²) in [6, 6.07) is 5.28. The van der Waals surface area contributed by atoms with Crippen molar-refractivity contribution in [3.05, 3.63) is 28.6 Å². The van der Waals surface area contributed by atoms with E-state index in [1.54, 1.807) is 18.2 Å². The third kappa shape index (κ3) is 4.32. The number of hydrogen-bond donors (Lipinski definition) is 1. The Morgan fingerprint density at radius 2 is 1.92 bits per heavy atom. The number of nitrogens with two attached hydrogens (primary N) is 1. The average Bonchev–Trinajstić information content (AvgIpc) is 2.57. The molecule has 2 N–H and O–H groups in total. The topological polar surface area (TPSA) is 83.5 Å². The summed E-state index contributed by atoms with van der Waals surface area (Å²) in [6.45, 7) is 6.16. The maximum atomic E-state index is 12.8. The number of nitrogens with zero attached hydrogens (tertiary/aromatic N) is 1. The summed E-state index contributed by atoms with van der Waals surface area (Å²) in [5.74, 6) is -0.288. The van der Waals surface area contributed by atoms with Gasteiger partial charge in [-0.1, -0.05) is 26.2 Å². The van der Waals surface area contributed by atoms with Gasteiger partial charge in [0.05, 0.1) is 12.1 Å². The number of aromatic nitrogens is 1. The molecule has 0 fully saturated rings. The van der Waals surface area contributed by atoms with Gasteiger partial charge in [0.1, 0.15) is 0 Å². The molecule has 0 saturated heterocycles. The molecule has 0 aliphatic rings. The summed E-state index contributed by atoms with van der Waals surface area (Å²) in [5, 5.41) is 0.711. The van der Waals surface area contributed by atoms with Gasteiger partial charge >= 0.3 is 5.97 Å². The Labute approximate surface area is 147 Å². The lowest BCUT2D eigenvalue weighted by Crippen LogP contribution is -2.24. The normalized spacial score (nSPS) is 10.8.